The Balaban J connectivity index is 0.000000144. The zero-order valence-electron chi connectivity index (χ0n) is 17.1. The van der Waals surface area contributed by atoms with Crippen molar-refractivity contribution < 1.29 is 39.9 Å². The second kappa shape index (κ2) is 10.2. The van der Waals surface area contributed by atoms with E-state index in [1.54, 1.807) is 0 Å². The molecule has 6 aromatic rings. The van der Waals surface area contributed by atoms with Crippen molar-refractivity contribution in [3.05, 3.63) is 133 Å². The number of hydrogen-bond donors (Lipinski definition) is 0. The molecule has 0 aliphatic rings. The first kappa shape index (κ1) is 21.6. The Morgan fingerprint density at radius 3 is 1.13 bits per heavy atom. The van der Waals surface area contributed by atoms with Gasteiger partial charge < -0.3 is 0 Å². The molecule has 6 rings (SSSR count). The maximum atomic E-state index is 2.24. The molecule has 0 saturated carbocycles. The van der Waals surface area contributed by atoms with Crippen LogP contribution in [0.25, 0.3) is 43.8 Å². The monoisotopic (exact) mass is 540 g/mol. The maximum Gasteiger partial charge on any atom is 2.00 e. The van der Waals surface area contributed by atoms with Gasteiger partial charge in [0.05, 0.1) is 0 Å². The van der Waals surface area contributed by atoms with Gasteiger partial charge in [-0.25, -0.2) is 0 Å². The molecule has 0 aromatic heterocycles. The molecular formula is C30H22Gd. The van der Waals surface area contributed by atoms with Crippen LogP contribution in [0.2, 0.25) is 0 Å². The maximum absolute atomic E-state index is 2.24. The summed E-state index contributed by atoms with van der Waals surface area (Å²) < 4.78 is 0. The van der Waals surface area contributed by atoms with Gasteiger partial charge in [-0.05, 0) is 0 Å². The molecule has 6 aromatic carbocycles. The van der Waals surface area contributed by atoms with Gasteiger partial charge in [0.1, 0.15) is 0 Å². The molecule has 0 fully saturated rings. The average molecular weight is 540 g/mol. The molecule has 0 bridgehead atoms. The van der Waals surface area contributed by atoms with Crippen molar-refractivity contribution >= 4 is 21.5 Å². The molecular weight excluding hydrogens is 518 g/mol. The van der Waals surface area contributed by atoms with Gasteiger partial charge in [-0.2, -0.15) is 0 Å². The van der Waals surface area contributed by atoms with E-state index in [-0.39, 0.29) is 39.9 Å². The van der Waals surface area contributed by atoms with Crippen molar-refractivity contribution in [3.63, 3.8) is 0 Å². The molecule has 0 unspecified atom stereocenters. The molecule has 150 valence electrons. The van der Waals surface area contributed by atoms with Crippen LogP contribution in [0.1, 0.15) is 0 Å². The fraction of sp³-hybridized carbons (Fsp3) is 0. The third-order valence-electron chi connectivity index (χ3n) is 5.45. The van der Waals surface area contributed by atoms with Crippen LogP contribution in [0.3, 0.4) is 0 Å². The van der Waals surface area contributed by atoms with E-state index in [4.69, 9.17) is 0 Å². The Labute approximate surface area is 215 Å². The number of rotatable bonds is 2. The van der Waals surface area contributed by atoms with Crippen LogP contribution in [0, 0.1) is 39.9 Å². The van der Waals surface area contributed by atoms with Crippen LogP contribution in [-0.4, -0.2) is 0 Å². The van der Waals surface area contributed by atoms with Crippen molar-refractivity contribution in [1.29, 1.82) is 0 Å². The van der Waals surface area contributed by atoms with E-state index in [1.807, 2.05) is 12.1 Å². The summed E-state index contributed by atoms with van der Waals surface area (Å²) in [6.07, 6.45) is 0. The van der Waals surface area contributed by atoms with Crippen molar-refractivity contribution in [3.8, 4) is 22.3 Å². The molecule has 0 N–H and O–H groups in total. The Bertz CT molecular complexity index is 1200. The third-order valence-corrected chi connectivity index (χ3v) is 5.45. The van der Waals surface area contributed by atoms with Crippen molar-refractivity contribution in [2.24, 2.45) is 0 Å². The predicted molar refractivity (Wildman–Crippen MR) is 130 cm³/mol. The smallest absolute Gasteiger partial charge is 0.145 e. The zero-order valence-corrected chi connectivity index (χ0v) is 19.3. The van der Waals surface area contributed by atoms with E-state index < -0.39 is 0 Å². The standard InChI is InChI=1S/2C15H11.Gd/c2*1-2-6-12(7-3-1)15-10-13-8-4-5-9-14(13)11-15;/h2*1-11H;/q2*-1;+2. The van der Waals surface area contributed by atoms with Gasteiger partial charge in [0, 0.05) is 0 Å². The topological polar surface area (TPSA) is 0 Å². The van der Waals surface area contributed by atoms with Crippen LogP contribution in [0.5, 0.6) is 0 Å². The van der Waals surface area contributed by atoms with E-state index in [1.165, 1.54) is 43.8 Å². The van der Waals surface area contributed by atoms with Gasteiger partial charge in [0.15, 0.2) is 0 Å². The molecule has 0 heterocycles. The fourth-order valence-corrected chi connectivity index (χ4v) is 3.90. The minimum Gasteiger partial charge on any atom is -0.145 e. The number of hydrogen-bond acceptors (Lipinski definition) is 0. The van der Waals surface area contributed by atoms with Crippen LogP contribution in [0.4, 0.5) is 0 Å². The van der Waals surface area contributed by atoms with Crippen molar-refractivity contribution in [2.45, 2.75) is 0 Å². The Morgan fingerprint density at radius 1 is 0.387 bits per heavy atom. The summed E-state index contributed by atoms with van der Waals surface area (Å²) in [7, 11) is 0. The van der Waals surface area contributed by atoms with E-state index in [0.29, 0.717) is 0 Å². The van der Waals surface area contributed by atoms with Gasteiger partial charge in [0.25, 0.3) is 0 Å². The number of benzene rings is 4. The van der Waals surface area contributed by atoms with Gasteiger partial charge in [-0.3, -0.25) is 0 Å². The summed E-state index contributed by atoms with van der Waals surface area (Å²) >= 11 is 0. The Morgan fingerprint density at radius 2 is 0.742 bits per heavy atom. The molecule has 0 radical (unpaired) electrons. The molecule has 0 spiro atoms. The molecule has 0 amide bonds. The van der Waals surface area contributed by atoms with E-state index in [2.05, 4.69) is 121 Å². The fourth-order valence-electron chi connectivity index (χ4n) is 3.90. The van der Waals surface area contributed by atoms with Gasteiger partial charge in [-0.1, -0.05) is 108 Å². The summed E-state index contributed by atoms with van der Waals surface area (Å²) in [5.74, 6) is 0. The largest absolute Gasteiger partial charge is 2.00 e. The second-order valence-corrected chi connectivity index (χ2v) is 7.48. The van der Waals surface area contributed by atoms with Gasteiger partial charge >= 0.3 is 39.9 Å². The minimum atomic E-state index is 0. The second-order valence-electron chi connectivity index (χ2n) is 7.48. The Hall–Kier alpha value is -2.58. The first-order chi connectivity index (χ1) is 14.9. The summed E-state index contributed by atoms with van der Waals surface area (Å²) in [5.41, 5.74) is 5.18. The van der Waals surface area contributed by atoms with Crippen molar-refractivity contribution in [1.82, 2.24) is 0 Å². The van der Waals surface area contributed by atoms with Crippen LogP contribution < -0.4 is 0 Å². The van der Waals surface area contributed by atoms with Crippen molar-refractivity contribution in [2.75, 3.05) is 0 Å². The quantitative estimate of drug-likeness (QED) is 0.194. The molecule has 31 heavy (non-hydrogen) atoms. The summed E-state index contributed by atoms with van der Waals surface area (Å²) in [6, 6.07) is 46.9. The normalized spacial score (nSPS) is 10.3. The minimum absolute atomic E-state index is 0. The molecule has 0 saturated heterocycles. The van der Waals surface area contributed by atoms with E-state index in [9.17, 15) is 0 Å². The van der Waals surface area contributed by atoms with E-state index >= 15 is 0 Å². The predicted octanol–water partition coefficient (Wildman–Crippen LogP) is 8.45. The Kier molecular flexibility index (Phi) is 7.09. The van der Waals surface area contributed by atoms with Gasteiger partial charge in [-0.15, -0.1) is 69.1 Å². The summed E-state index contributed by atoms with van der Waals surface area (Å²) in [4.78, 5) is 0. The third kappa shape index (κ3) is 5.02. The average Bonchev–Trinajstić information content (AvgIpc) is 3.45. The zero-order chi connectivity index (χ0) is 20.2. The molecule has 0 atom stereocenters. The molecule has 0 aliphatic carbocycles. The van der Waals surface area contributed by atoms with Crippen LogP contribution in [0.15, 0.2) is 133 Å². The first-order valence-electron chi connectivity index (χ1n) is 10.3. The first-order valence-corrected chi connectivity index (χ1v) is 10.3. The summed E-state index contributed by atoms with van der Waals surface area (Å²) in [6.45, 7) is 0. The molecule has 0 aliphatic heterocycles. The van der Waals surface area contributed by atoms with Crippen LogP contribution >= 0.6 is 0 Å². The SMILES string of the molecule is [Gd+2].c1ccc(-c2cc3ccccc3[cH-]2)cc1.c1ccc(-c2cc3ccccc3[cH-]2)cc1. The molecule has 1 heteroatoms. The van der Waals surface area contributed by atoms with Gasteiger partial charge in [0.2, 0.25) is 0 Å². The summed E-state index contributed by atoms with van der Waals surface area (Å²) in [5, 5.41) is 5.26. The van der Waals surface area contributed by atoms with E-state index in [0.717, 1.165) is 0 Å². The van der Waals surface area contributed by atoms with Crippen LogP contribution in [-0.2, 0) is 0 Å². The number of fused-ring (bicyclic) bond motifs is 2. The molecule has 0 nitrogen and oxygen atoms in total.